The number of esters is 3. The number of halogens is 2. The van der Waals surface area contributed by atoms with Crippen molar-refractivity contribution >= 4 is 35.0 Å². The number of fused-ring (bicyclic) bond motifs is 2. The Balaban J connectivity index is 1.58. The lowest BCUT2D eigenvalue weighted by Gasteiger charge is -2.32. The molecule has 0 saturated carbocycles. The highest BCUT2D eigenvalue weighted by Gasteiger charge is 2.33. The van der Waals surface area contributed by atoms with E-state index < -0.39 is 35.5 Å². The molecule has 0 spiro atoms. The van der Waals surface area contributed by atoms with Gasteiger partial charge in [0.25, 0.3) is 0 Å². The maximum Gasteiger partial charge on any atom is 0.343 e. The van der Waals surface area contributed by atoms with Crippen LogP contribution in [0.25, 0.3) is 0 Å². The first-order valence-corrected chi connectivity index (χ1v) is 17.1. The number of hydrogen-bond donors (Lipinski definition) is 0. The molecule has 55 heavy (non-hydrogen) atoms. The van der Waals surface area contributed by atoms with Crippen LogP contribution in [0.3, 0.4) is 0 Å². The van der Waals surface area contributed by atoms with Gasteiger partial charge in [-0.15, -0.1) is 0 Å². The summed E-state index contributed by atoms with van der Waals surface area (Å²) in [4.78, 5) is 41.4. The summed E-state index contributed by atoms with van der Waals surface area (Å²) in [6.07, 6.45) is 0. The first-order valence-electron chi connectivity index (χ1n) is 17.1. The summed E-state index contributed by atoms with van der Waals surface area (Å²) >= 11 is 0. The highest BCUT2D eigenvalue weighted by atomic mass is 19.1. The number of benzene rings is 4. The van der Waals surface area contributed by atoms with Crippen molar-refractivity contribution in [1.29, 1.82) is 0 Å². The maximum atomic E-state index is 15.6. The number of methoxy groups -OCH3 is 3. The Labute approximate surface area is 317 Å². The second kappa shape index (κ2) is 17.7. The van der Waals surface area contributed by atoms with Gasteiger partial charge in [0.1, 0.15) is 55.2 Å². The van der Waals surface area contributed by atoms with Crippen molar-refractivity contribution in [2.75, 3.05) is 97.1 Å². The topological polar surface area (TPSA) is 126 Å². The molecule has 0 aliphatic carbocycles. The van der Waals surface area contributed by atoms with E-state index in [0.29, 0.717) is 56.8 Å². The Morgan fingerprint density at radius 3 is 1.60 bits per heavy atom. The third kappa shape index (κ3) is 9.28. The standard InChI is InChI=1S/C40H43F2N3O10/c1-43(2)30-19-34-25(17-27(30)41)40(26-18-28(42)31(44(3)4)20-35(26)55-34)24-12-13-29(45(21-37(46)49-5)22-38(47)50-6)36(16-24)53-15-14-52-32-10-8-9-11-33(32)54-23-39(48)51-7/h8-13,16-20,40H,14-15,21-23H2,1-7H3. The Kier molecular flexibility index (Phi) is 12.9. The van der Waals surface area contributed by atoms with E-state index in [0.717, 1.165) is 0 Å². The lowest BCUT2D eigenvalue weighted by molar-refractivity contribution is -0.143. The van der Waals surface area contributed by atoms with Crippen molar-refractivity contribution < 1.29 is 56.3 Å². The van der Waals surface area contributed by atoms with Gasteiger partial charge in [-0.05, 0) is 42.0 Å². The van der Waals surface area contributed by atoms with Gasteiger partial charge in [-0.3, -0.25) is 9.59 Å². The molecule has 13 nitrogen and oxygen atoms in total. The fraction of sp³-hybridized carbons (Fsp3) is 0.325. The molecule has 15 heteroatoms. The van der Waals surface area contributed by atoms with Crippen molar-refractivity contribution in [3.8, 4) is 28.7 Å². The van der Waals surface area contributed by atoms with E-state index in [1.807, 2.05) is 0 Å². The molecule has 1 heterocycles. The highest BCUT2D eigenvalue weighted by Crippen LogP contribution is 2.51. The fourth-order valence-electron chi connectivity index (χ4n) is 6.02. The first kappa shape index (κ1) is 39.9. The Bertz CT molecular complexity index is 1960. The average molecular weight is 764 g/mol. The van der Waals surface area contributed by atoms with Crippen molar-refractivity contribution in [1.82, 2.24) is 0 Å². The van der Waals surface area contributed by atoms with Gasteiger partial charge >= 0.3 is 17.9 Å². The van der Waals surface area contributed by atoms with Crippen LogP contribution in [0.5, 0.6) is 28.7 Å². The van der Waals surface area contributed by atoms with Crippen LogP contribution in [-0.2, 0) is 28.6 Å². The normalized spacial score (nSPS) is 11.7. The minimum atomic E-state index is -0.740. The molecule has 0 radical (unpaired) electrons. The van der Waals surface area contributed by atoms with Crippen LogP contribution in [0.1, 0.15) is 22.6 Å². The molecule has 4 aromatic rings. The van der Waals surface area contributed by atoms with E-state index in [1.165, 1.54) is 38.4 Å². The van der Waals surface area contributed by atoms with Gasteiger partial charge in [-0.2, -0.15) is 0 Å². The van der Waals surface area contributed by atoms with Gasteiger partial charge in [0.15, 0.2) is 18.1 Å². The summed E-state index contributed by atoms with van der Waals surface area (Å²) in [6, 6.07) is 17.8. The zero-order chi connectivity index (χ0) is 39.8. The Hall–Kier alpha value is -6.25. The van der Waals surface area contributed by atoms with Crippen LogP contribution < -0.4 is 33.6 Å². The second-order valence-corrected chi connectivity index (χ2v) is 12.8. The third-order valence-electron chi connectivity index (χ3n) is 8.74. The van der Waals surface area contributed by atoms with Crippen molar-refractivity contribution in [2.24, 2.45) is 0 Å². The number of anilines is 3. The maximum absolute atomic E-state index is 15.6. The molecule has 0 fully saturated rings. The Morgan fingerprint density at radius 2 is 1.11 bits per heavy atom. The number of nitrogens with zero attached hydrogens (tertiary/aromatic N) is 3. The monoisotopic (exact) mass is 763 g/mol. The lowest BCUT2D eigenvalue weighted by atomic mass is 9.82. The lowest BCUT2D eigenvalue weighted by Crippen LogP contribution is -2.36. The number of hydrogen-bond acceptors (Lipinski definition) is 13. The van der Waals surface area contributed by atoms with E-state index in [9.17, 15) is 14.4 Å². The van der Waals surface area contributed by atoms with Crippen LogP contribution in [0.4, 0.5) is 25.8 Å². The van der Waals surface area contributed by atoms with Crippen molar-refractivity contribution in [2.45, 2.75) is 5.92 Å². The Morgan fingerprint density at radius 1 is 0.618 bits per heavy atom. The van der Waals surface area contributed by atoms with E-state index in [-0.39, 0.29) is 38.7 Å². The molecule has 1 aliphatic rings. The van der Waals surface area contributed by atoms with E-state index in [2.05, 4.69) is 4.74 Å². The molecular weight excluding hydrogens is 720 g/mol. The number of carbonyl (C=O) groups excluding carboxylic acids is 3. The molecule has 0 unspecified atom stereocenters. The molecule has 0 N–H and O–H groups in total. The second-order valence-electron chi connectivity index (χ2n) is 12.8. The van der Waals surface area contributed by atoms with Crippen LogP contribution in [0, 0.1) is 11.6 Å². The van der Waals surface area contributed by atoms with E-state index >= 15 is 8.78 Å². The van der Waals surface area contributed by atoms with Gasteiger partial charge in [-0.25, -0.2) is 13.6 Å². The summed E-state index contributed by atoms with van der Waals surface area (Å²) in [6.45, 7) is -1.03. The summed E-state index contributed by atoms with van der Waals surface area (Å²) in [5, 5.41) is 0. The molecule has 0 saturated heterocycles. The minimum absolute atomic E-state index is 0.00372. The van der Waals surface area contributed by atoms with Crippen LogP contribution >= 0.6 is 0 Å². The van der Waals surface area contributed by atoms with Crippen LogP contribution in [0.15, 0.2) is 66.7 Å². The molecule has 0 bridgehead atoms. The predicted molar refractivity (Wildman–Crippen MR) is 200 cm³/mol. The fourth-order valence-corrected chi connectivity index (χ4v) is 6.02. The van der Waals surface area contributed by atoms with Gasteiger partial charge < -0.3 is 47.9 Å². The number of para-hydroxylation sites is 2. The highest BCUT2D eigenvalue weighted by molar-refractivity contribution is 5.83. The van der Waals surface area contributed by atoms with E-state index in [4.69, 9.17) is 28.4 Å². The van der Waals surface area contributed by atoms with Gasteiger partial charge in [0.2, 0.25) is 0 Å². The molecule has 0 aromatic heterocycles. The number of rotatable bonds is 16. The smallest absolute Gasteiger partial charge is 0.343 e. The molecule has 292 valence electrons. The SMILES string of the molecule is COC(=O)COc1ccccc1OCCOc1cc(C2c3cc(F)c(N(C)C)cc3Oc3cc(N(C)C)c(F)cc32)ccc1N(CC(=O)OC)CC(=O)OC. The van der Waals surface area contributed by atoms with Crippen molar-refractivity contribution in [3.05, 3.63) is 95.1 Å². The third-order valence-corrected chi connectivity index (χ3v) is 8.74. The van der Waals surface area contributed by atoms with E-state index in [1.54, 1.807) is 92.6 Å². The summed E-state index contributed by atoms with van der Waals surface area (Å²) in [5.74, 6) is -1.94. The molecule has 0 atom stereocenters. The molecule has 1 aliphatic heterocycles. The zero-order valence-electron chi connectivity index (χ0n) is 31.6. The molecular formula is C40H43F2N3O10. The molecule has 4 aromatic carbocycles. The zero-order valence-corrected chi connectivity index (χ0v) is 31.6. The average Bonchev–Trinajstić information content (AvgIpc) is 3.17. The molecule has 5 rings (SSSR count). The number of ether oxygens (including phenoxy) is 7. The van der Waals surface area contributed by atoms with Crippen LogP contribution in [-0.4, -0.2) is 100 Å². The summed E-state index contributed by atoms with van der Waals surface area (Å²) < 4.78 is 69.8. The quantitative estimate of drug-likeness (QED) is 0.0710. The minimum Gasteiger partial charge on any atom is -0.488 e. The van der Waals surface area contributed by atoms with Gasteiger partial charge in [0.05, 0.1) is 38.4 Å². The molecule has 0 amide bonds. The predicted octanol–water partition coefficient (Wildman–Crippen LogP) is 5.54. The summed E-state index contributed by atoms with van der Waals surface area (Å²) in [5.41, 5.74) is 2.38. The number of carbonyl (C=O) groups is 3. The van der Waals surface area contributed by atoms with Crippen molar-refractivity contribution in [3.63, 3.8) is 0 Å². The van der Waals surface area contributed by atoms with Crippen LogP contribution in [0.2, 0.25) is 0 Å². The summed E-state index contributed by atoms with van der Waals surface area (Å²) in [7, 11) is 10.6. The largest absolute Gasteiger partial charge is 0.488 e. The van der Waals surface area contributed by atoms with Gasteiger partial charge in [0, 0.05) is 57.4 Å². The van der Waals surface area contributed by atoms with Gasteiger partial charge in [-0.1, -0.05) is 18.2 Å². The first-order chi connectivity index (χ1) is 26.3.